The minimum Gasteiger partial charge on any atom is -0.490 e. The highest BCUT2D eigenvalue weighted by Crippen LogP contribution is 2.39. The molecule has 1 heterocycles. The maximum absolute atomic E-state index is 12.1. The van der Waals surface area contributed by atoms with Gasteiger partial charge in [-0.05, 0) is 70.9 Å². The number of nitrogens with zero attached hydrogens (tertiary/aromatic N) is 1. The van der Waals surface area contributed by atoms with Crippen LogP contribution in [0, 0.1) is 6.92 Å². The van der Waals surface area contributed by atoms with E-state index in [2.05, 4.69) is 22.0 Å². The van der Waals surface area contributed by atoms with E-state index < -0.39 is 0 Å². The summed E-state index contributed by atoms with van der Waals surface area (Å²) in [4.78, 5) is 25.3. The van der Waals surface area contributed by atoms with Crippen molar-refractivity contribution in [2.24, 2.45) is 0 Å². The number of amides is 2. The van der Waals surface area contributed by atoms with Crippen LogP contribution in [0.1, 0.15) is 23.6 Å². The monoisotopic (exact) mass is 461 g/mol. The van der Waals surface area contributed by atoms with Crippen molar-refractivity contribution in [1.29, 1.82) is 0 Å². The van der Waals surface area contributed by atoms with Crippen LogP contribution >= 0.6 is 27.7 Å². The summed E-state index contributed by atoms with van der Waals surface area (Å²) in [6.45, 7) is 4.82. The first-order valence-corrected chi connectivity index (χ1v) is 10.4. The summed E-state index contributed by atoms with van der Waals surface area (Å²) in [5.74, 6) is 0.875. The maximum atomic E-state index is 12.1. The lowest BCUT2D eigenvalue weighted by Gasteiger charge is -2.15. The van der Waals surface area contributed by atoms with Gasteiger partial charge < -0.3 is 9.47 Å². The Kier molecular flexibility index (Phi) is 6.46. The fourth-order valence-electron chi connectivity index (χ4n) is 2.73. The van der Waals surface area contributed by atoms with Crippen molar-refractivity contribution < 1.29 is 19.1 Å². The Morgan fingerprint density at radius 3 is 2.61 bits per heavy atom. The fraction of sp³-hybridized carbons (Fsp3) is 0.238. The van der Waals surface area contributed by atoms with Crippen LogP contribution in [0.3, 0.4) is 0 Å². The Bertz CT molecular complexity index is 957. The number of rotatable bonds is 6. The van der Waals surface area contributed by atoms with Crippen LogP contribution in [0.5, 0.6) is 11.5 Å². The van der Waals surface area contributed by atoms with Gasteiger partial charge in [0, 0.05) is 7.05 Å². The molecule has 1 saturated heterocycles. The van der Waals surface area contributed by atoms with Crippen molar-refractivity contribution in [2.45, 2.75) is 20.5 Å². The Labute approximate surface area is 176 Å². The van der Waals surface area contributed by atoms with E-state index in [0.717, 1.165) is 27.8 Å². The maximum Gasteiger partial charge on any atom is 0.293 e. The molecule has 0 radical (unpaired) electrons. The van der Waals surface area contributed by atoms with Gasteiger partial charge in [0.2, 0.25) is 0 Å². The lowest BCUT2D eigenvalue weighted by Crippen LogP contribution is -2.22. The zero-order valence-electron chi connectivity index (χ0n) is 15.8. The molecule has 2 aromatic carbocycles. The van der Waals surface area contributed by atoms with Crippen LogP contribution in [0.15, 0.2) is 45.8 Å². The fourth-order valence-corrected chi connectivity index (χ4v) is 4.13. The predicted molar refractivity (Wildman–Crippen MR) is 115 cm³/mol. The number of carbonyl (C=O) groups excluding carboxylic acids is 2. The van der Waals surface area contributed by atoms with Crippen molar-refractivity contribution in [3.05, 3.63) is 62.5 Å². The zero-order chi connectivity index (χ0) is 20.3. The van der Waals surface area contributed by atoms with Crippen LogP contribution in [-0.2, 0) is 11.4 Å². The van der Waals surface area contributed by atoms with E-state index in [1.54, 1.807) is 6.08 Å². The Morgan fingerprint density at radius 1 is 1.18 bits per heavy atom. The van der Waals surface area contributed by atoms with Gasteiger partial charge in [-0.25, -0.2) is 0 Å². The van der Waals surface area contributed by atoms with Crippen molar-refractivity contribution in [1.82, 2.24) is 4.90 Å². The molecule has 7 heteroatoms. The molecular formula is C21H20BrNO4S. The Balaban J connectivity index is 1.88. The first-order valence-electron chi connectivity index (χ1n) is 8.75. The molecule has 0 bridgehead atoms. The zero-order valence-corrected chi connectivity index (χ0v) is 18.2. The molecule has 0 saturated carbocycles. The van der Waals surface area contributed by atoms with Crippen molar-refractivity contribution >= 4 is 44.9 Å². The smallest absolute Gasteiger partial charge is 0.293 e. The molecule has 1 fully saturated rings. The average Bonchev–Trinajstić information content (AvgIpc) is 2.88. The quantitative estimate of drug-likeness (QED) is 0.538. The van der Waals surface area contributed by atoms with E-state index in [1.807, 2.05) is 44.2 Å². The van der Waals surface area contributed by atoms with Crippen LogP contribution < -0.4 is 9.47 Å². The second-order valence-electron chi connectivity index (χ2n) is 6.28. The molecular weight excluding hydrogens is 442 g/mol. The highest BCUT2D eigenvalue weighted by atomic mass is 79.9. The van der Waals surface area contributed by atoms with Crippen molar-refractivity contribution in [3.63, 3.8) is 0 Å². The van der Waals surface area contributed by atoms with Gasteiger partial charge in [0.1, 0.15) is 6.61 Å². The van der Waals surface area contributed by atoms with Crippen LogP contribution in [0.4, 0.5) is 4.79 Å². The first-order chi connectivity index (χ1) is 13.4. The molecule has 2 aromatic rings. The predicted octanol–water partition coefficient (Wildman–Crippen LogP) is 5.40. The summed E-state index contributed by atoms with van der Waals surface area (Å²) in [5.41, 5.74) is 2.98. The molecule has 0 aromatic heterocycles. The summed E-state index contributed by atoms with van der Waals surface area (Å²) in [5, 5.41) is -0.279. The van der Waals surface area contributed by atoms with E-state index in [1.165, 1.54) is 12.6 Å². The number of hydrogen-bond acceptors (Lipinski definition) is 5. The summed E-state index contributed by atoms with van der Waals surface area (Å²) < 4.78 is 12.5. The average molecular weight is 462 g/mol. The molecule has 2 amide bonds. The number of carbonyl (C=O) groups is 2. The highest BCUT2D eigenvalue weighted by Gasteiger charge is 2.31. The topological polar surface area (TPSA) is 55.8 Å². The van der Waals surface area contributed by atoms with Crippen molar-refractivity contribution in [2.75, 3.05) is 13.7 Å². The van der Waals surface area contributed by atoms with Gasteiger partial charge >= 0.3 is 0 Å². The van der Waals surface area contributed by atoms with Crippen LogP contribution in [-0.4, -0.2) is 29.7 Å². The summed E-state index contributed by atoms with van der Waals surface area (Å²) in [7, 11) is 1.47. The third-order valence-electron chi connectivity index (χ3n) is 4.08. The number of likely N-dealkylation sites (N-methyl/N-ethyl adjacent to an activating group) is 1. The number of ether oxygens (including phenoxy) is 2. The van der Waals surface area contributed by atoms with E-state index >= 15 is 0 Å². The van der Waals surface area contributed by atoms with Crippen LogP contribution in [0.25, 0.3) is 6.08 Å². The molecule has 0 N–H and O–H groups in total. The number of imide groups is 1. The second kappa shape index (κ2) is 8.84. The first kappa shape index (κ1) is 20.5. The molecule has 1 aliphatic heterocycles. The van der Waals surface area contributed by atoms with E-state index in [-0.39, 0.29) is 11.1 Å². The molecule has 3 rings (SSSR count). The minimum absolute atomic E-state index is 0.279. The largest absolute Gasteiger partial charge is 0.490 e. The molecule has 146 valence electrons. The standard InChI is InChI=1S/C21H20BrNO4S/c1-4-26-17-10-15(11-18-20(24)23(3)21(25)28-18)9-16(22)19(17)27-12-14-7-5-6-13(2)8-14/h5-11H,4,12H2,1-3H3/b18-11-. The molecule has 5 nitrogen and oxygen atoms in total. The summed E-state index contributed by atoms with van der Waals surface area (Å²) in [6, 6.07) is 11.8. The van der Waals surface area contributed by atoms with E-state index in [0.29, 0.717) is 34.1 Å². The van der Waals surface area contributed by atoms with Gasteiger partial charge in [-0.1, -0.05) is 29.8 Å². The van der Waals surface area contributed by atoms with E-state index in [4.69, 9.17) is 9.47 Å². The lowest BCUT2D eigenvalue weighted by atomic mass is 10.1. The second-order valence-corrected chi connectivity index (χ2v) is 8.13. The number of hydrogen-bond donors (Lipinski definition) is 0. The Morgan fingerprint density at radius 2 is 1.96 bits per heavy atom. The summed E-state index contributed by atoms with van der Waals surface area (Å²) >= 11 is 4.47. The molecule has 28 heavy (non-hydrogen) atoms. The Hall–Kier alpha value is -2.25. The third-order valence-corrected chi connectivity index (χ3v) is 5.63. The normalized spacial score (nSPS) is 15.4. The van der Waals surface area contributed by atoms with Gasteiger partial charge in [0.25, 0.3) is 11.1 Å². The molecule has 0 spiro atoms. The van der Waals surface area contributed by atoms with Gasteiger partial charge in [-0.3, -0.25) is 14.5 Å². The molecule has 0 unspecified atom stereocenters. The number of halogens is 1. The summed E-state index contributed by atoms with van der Waals surface area (Å²) in [6.07, 6.45) is 1.69. The van der Waals surface area contributed by atoms with Gasteiger partial charge in [-0.15, -0.1) is 0 Å². The minimum atomic E-state index is -0.302. The number of aryl methyl sites for hydroxylation is 1. The molecule has 0 atom stereocenters. The lowest BCUT2D eigenvalue weighted by molar-refractivity contribution is -0.121. The van der Waals surface area contributed by atoms with Crippen LogP contribution in [0.2, 0.25) is 0 Å². The number of benzene rings is 2. The molecule has 1 aliphatic rings. The van der Waals surface area contributed by atoms with Gasteiger partial charge in [0.05, 0.1) is 16.0 Å². The highest BCUT2D eigenvalue weighted by molar-refractivity contribution is 9.10. The van der Waals surface area contributed by atoms with Crippen molar-refractivity contribution in [3.8, 4) is 11.5 Å². The van der Waals surface area contributed by atoms with Gasteiger partial charge in [0.15, 0.2) is 11.5 Å². The van der Waals surface area contributed by atoms with E-state index in [9.17, 15) is 9.59 Å². The SMILES string of the molecule is CCOc1cc(/C=C2\SC(=O)N(C)C2=O)cc(Br)c1OCc1cccc(C)c1. The number of thioether (sulfide) groups is 1. The van der Waals surface area contributed by atoms with Gasteiger partial charge in [-0.2, -0.15) is 0 Å². The molecule has 0 aliphatic carbocycles. The third kappa shape index (κ3) is 4.59.